The van der Waals surface area contributed by atoms with Gasteiger partial charge in [-0.1, -0.05) is 46.8 Å². The number of halogens is 5. The molecule has 0 radical (unpaired) electrons. The molecule has 41 heavy (non-hydrogen) atoms. The summed E-state index contributed by atoms with van der Waals surface area (Å²) in [6, 6.07) is 6.89. The van der Waals surface area contributed by atoms with Gasteiger partial charge in [-0.2, -0.15) is 22.0 Å². The van der Waals surface area contributed by atoms with Gasteiger partial charge in [0.25, 0.3) is 0 Å². The number of alkyl halides is 5. The molecule has 1 fully saturated rings. The Balaban J connectivity index is 1.57. The highest BCUT2D eigenvalue weighted by Crippen LogP contribution is 2.68. The first-order valence-corrected chi connectivity index (χ1v) is 14.1. The third-order valence-corrected chi connectivity index (χ3v) is 7.26. The van der Waals surface area contributed by atoms with E-state index in [1.54, 1.807) is 24.3 Å². The van der Waals surface area contributed by atoms with Crippen molar-refractivity contribution in [2.24, 2.45) is 16.2 Å². The Morgan fingerprint density at radius 2 is 1.41 bits per heavy atom. The van der Waals surface area contributed by atoms with Crippen LogP contribution in [-0.2, 0) is 19.1 Å². The van der Waals surface area contributed by atoms with E-state index < -0.39 is 37.5 Å². The van der Waals surface area contributed by atoms with Crippen LogP contribution < -0.4 is 4.74 Å². The summed E-state index contributed by atoms with van der Waals surface area (Å²) in [4.78, 5) is 24.5. The van der Waals surface area contributed by atoms with Crippen molar-refractivity contribution in [3.8, 4) is 5.75 Å². The summed E-state index contributed by atoms with van der Waals surface area (Å²) in [6.45, 7) is 11.1. The van der Waals surface area contributed by atoms with E-state index in [0.29, 0.717) is 24.5 Å². The molecular formula is C31H43F5O5. The fourth-order valence-electron chi connectivity index (χ4n) is 4.88. The molecule has 1 aromatic carbocycles. The van der Waals surface area contributed by atoms with E-state index in [-0.39, 0.29) is 22.2 Å². The quantitative estimate of drug-likeness (QED) is 0.0836. The lowest BCUT2D eigenvalue weighted by Crippen LogP contribution is -2.36. The minimum atomic E-state index is -5.62. The highest BCUT2D eigenvalue weighted by Gasteiger charge is 2.67. The first-order valence-electron chi connectivity index (χ1n) is 14.1. The van der Waals surface area contributed by atoms with Crippen LogP contribution >= 0.6 is 0 Å². The second-order valence-electron chi connectivity index (χ2n) is 12.7. The van der Waals surface area contributed by atoms with Crippen LogP contribution in [0.2, 0.25) is 0 Å². The molecule has 1 saturated carbocycles. The van der Waals surface area contributed by atoms with Crippen LogP contribution in [0.15, 0.2) is 30.3 Å². The number of ether oxygens (including phenoxy) is 3. The summed E-state index contributed by atoms with van der Waals surface area (Å²) in [5.74, 6) is -5.06. The molecule has 0 spiro atoms. The van der Waals surface area contributed by atoms with Crippen LogP contribution in [0.3, 0.4) is 0 Å². The Kier molecular flexibility index (Phi) is 11.8. The summed E-state index contributed by atoms with van der Waals surface area (Å²) >= 11 is 0. The second kappa shape index (κ2) is 14.0. The summed E-state index contributed by atoms with van der Waals surface area (Å²) in [5, 5.41) is 0. The Labute approximate surface area is 239 Å². The monoisotopic (exact) mass is 590 g/mol. The normalized spacial score (nSPS) is 18.8. The molecule has 1 aliphatic rings. The van der Waals surface area contributed by atoms with Gasteiger partial charge >= 0.3 is 24.0 Å². The van der Waals surface area contributed by atoms with Gasteiger partial charge in [-0.3, -0.25) is 4.79 Å². The van der Waals surface area contributed by atoms with E-state index in [1.807, 2.05) is 0 Å². The minimum absolute atomic E-state index is 0.00950. The maximum Gasteiger partial charge on any atom is 0.453 e. The number of hydrogen-bond acceptors (Lipinski definition) is 5. The van der Waals surface area contributed by atoms with E-state index in [4.69, 9.17) is 9.47 Å². The molecule has 0 aromatic heterocycles. The van der Waals surface area contributed by atoms with E-state index in [1.165, 1.54) is 6.08 Å². The van der Waals surface area contributed by atoms with Crippen LogP contribution in [0.5, 0.6) is 5.75 Å². The SMILES string of the molecule is CC(C)(C)CC1(C(=O)OCCCCCCOc2ccc(/C=C/C(=O)OCCCC(F)(F)C(F)(F)F)cc2)CC1(C)C. The van der Waals surface area contributed by atoms with Gasteiger partial charge in [0.1, 0.15) is 5.75 Å². The van der Waals surface area contributed by atoms with Crippen molar-refractivity contribution in [2.75, 3.05) is 19.8 Å². The van der Waals surface area contributed by atoms with Crippen molar-refractivity contribution in [1.82, 2.24) is 0 Å². The average Bonchev–Trinajstić information content (AvgIpc) is 3.41. The zero-order chi connectivity index (χ0) is 31.0. The summed E-state index contributed by atoms with van der Waals surface area (Å²) in [5.41, 5.74) is 0.353. The molecule has 0 N–H and O–H groups in total. The third-order valence-electron chi connectivity index (χ3n) is 7.26. The van der Waals surface area contributed by atoms with Crippen molar-refractivity contribution in [2.45, 2.75) is 98.1 Å². The maximum atomic E-state index is 12.8. The van der Waals surface area contributed by atoms with Gasteiger partial charge in [-0.25, -0.2) is 4.79 Å². The molecule has 1 aromatic rings. The van der Waals surface area contributed by atoms with Gasteiger partial charge in [0.15, 0.2) is 0 Å². The van der Waals surface area contributed by atoms with Crippen LogP contribution in [-0.4, -0.2) is 43.9 Å². The Morgan fingerprint density at radius 1 is 0.854 bits per heavy atom. The van der Waals surface area contributed by atoms with Crippen LogP contribution in [0.1, 0.15) is 91.5 Å². The summed E-state index contributed by atoms with van der Waals surface area (Å²) < 4.78 is 78.1. The van der Waals surface area contributed by atoms with E-state index in [9.17, 15) is 31.5 Å². The number of unbranched alkanes of at least 4 members (excludes halogenated alkanes) is 3. The average molecular weight is 591 g/mol. The van der Waals surface area contributed by atoms with E-state index in [0.717, 1.165) is 44.6 Å². The van der Waals surface area contributed by atoms with Gasteiger partial charge in [-0.05, 0) is 79.5 Å². The Hall–Kier alpha value is -2.65. The largest absolute Gasteiger partial charge is 0.494 e. The van der Waals surface area contributed by atoms with Crippen molar-refractivity contribution < 1.29 is 45.8 Å². The molecule has 232 valence electrons. The molecule has 0 bridgehead atoms. The fraction of sp³-hybridized carbons (Fsp3) is 0.677. The summed E-state index contributed by atoms with van der Waals surface area (Å²) in [7, 11) is 0. The molecule has 0 heterocycles. The number of carbonyl (C=O) groups excluding carboxylic acids is 2. The number of benzene rings is 1. The maximum absolute atomic E-state index is 12.8. The van der Waals surface area contributed by atoms with Gasteiger partial charge in [-0.15, -0.1) is 0 Å². The Morgan fingerprint density at radius 3 is 1.95 bits per heavy atom. The molecule has 1 aliphatic carbocycles. The van der Waals surface area contributed by atoms with Crippen LogP contribution in [0.25, 0.3) is 6.08 Å². The van der Waals surface area contributed by atoms with Gasteiger partial charge in [0, 0.05) is 12.5 Å². The first kappa shape index (κ1) is 34.6. The van der Waals surface area contributed by atoms with E-state index in [2.05, 4.69) is 39.4 Å². The number of esters is 2. The molecular weight excluding hydrogens is 547 g/mol. The highest BCUT2D eigenvalue weighted by molar-refractivity contribution is 5.87. The lowest BCUT2D eigenvalue weighted by atomic mass is 9.79. The lowest BCUT2D eigenvalue weighted by molar-refractivity contribution is -0.284. The van der Waals surface area contributed by atoms with E-state index >= 15 is 0 Å². The molecule has 0 aliphatic heterocycles. The first-order chi connectivity index (χ1) is 18.9. The fourth-order valence-corrected chi connectivity index (χ4v) is 4.88. The van der Waals surface area contributed by atoms with Gasteiger partial charge in [0.2, 0.25) is 0 Å². The molecule has 5 nitrogen and oxygen atoms in total. The number of hydrogen-bond donors (Lipinski definition) is 0. The highest BCUT2D eigenvalue weighted by atomic mass is 19.4. The zero-order valence-electron chi connectivity index (χ0n) is 24.7. The van der Waals surface area contributed by atoms with Crippen molar-refractivity contribution >= 4 is 18.0 Å². The number of carbonyl (C=O) groups is 2. The van der Waals surface area contributed by atoms with Gasteiger partial charge < -0.3 is 14.2 Å². The van der Waals surface area contributed by atoms with Crippen molar-refractivity contribution in [3.63, 3.8) is 0 Å². The number of rotatable bonds is 16. The molecule has 1 unspecified atom stereocenters. The van der Waals surface area contributed by atoms with Crippen molar-refractivity contribution in [1.29, 1.82) is 0 Å². The van der Waals surface area contributed by atoms with Crippen molar-refractivity contribution in [3.05, 3.63) is 35.9 Å². The lowest BCUT2D eigenvalue weighted by Gasteiger charge is -2.27. The summed E-state index contributed by atoms with van der Waals surface area (Å²) in [6.07, 6.45) is 0.0687. The topological polar surface area (TPSA) is 61.8 Å². The predicted molar refractivity (Wildman–Crippen MR) is 146 cm³/mol. The molecule has 0 amide bonds. The zero-order valence-corrected chi connectivity index (χ0v) is 24.7. The molecule has 1 atom stereocenters. The molecule has 2 rings (SSSR count). The smallest absolute Gasteiger partial charge is 0.453 e. The Bertz CT molecular complexity index is 1020. The third kappa shape index (κ3) is 10.9. The molecule has 0 saturated heterocycles. The van der Waals surface area contributed by atoms with Gasteiger partial charge in [0.05, 0.1) is 25.2 Å². The second-order valence-corrected chi connectivity index (χ2v) is 12.7. The van der Waals surface area contributed by atoms with Crippen LogP contribution in [0.4, 0.5) is 22.0 Å². The molecule has 10 heteroatoms. The predicted octanol–water partition coefficient (Wildman–Crippen LogP) is 8.56. The standard InChI is InChI=1S/C31H43F5O5/c1-27(2,3)21-29(22-28(29,4)5)26(38)41-19-9-7-6-8-18-39-24-14-11-23(12-15-24)13-16-25(37)40-20-10-17-30(32,33)31(34,35)36/h11-16H,6-10,17-22H2,1-5H3/b16-13+. The minimum Gasteiger partial charge on any atom is -0.494 e. The van der Waals surface area contributed by atoms with Crippen LogP contribution in [0, 0.1) is 16.2 Å².